The molecule has 0 aliphatic heterocycles. The summed E-state index contributed by atoms with van der Waals surface area (Å²) in [4.78, 5) is 11.6. The Labute approximate surface area is 88.0 Å². The van der Waals surface area contributed by atoms with Crippen LogP contribution in [0.15, 0.2) is 0 Å². The van der Waals surface area contributed by atoms with Gasteiger partial charge in [-0.15, -0.1) is 0 Å². The zero-order valence-electron chi connectivity index (χ0n) is 10.3. The number of ether oxygens (including phenoxy) is 1. The standard InChI is InChI=1S/C12H24O2/c1-7-10(6)12(13)14-11(8(2)3)9(4)5/h8-11H,7H2,1-6H3. The largest absolute Gasteiger partial charge is 0.462 e. The summed E-state index contributed by atoms with van der Waals surface area (Å²) >= 11 is 0. The fourth-order valence-electron chi connectivity index (χ4n) is 1.46. The van der Waals surface area contributed by atoms with Crippen molar-refractivity contribution in [1.82, 2.24) is 0 Å². The number of esters is 1. The SMILES string of the molecule is CCC(C)C(=O)OC(C(C)C)C(C)C. The predicted octanol–water partition coefficient (Wildman–Crippen LogP) is 3.26. The highest BCUT2D eigenvalue weighted by molar-refractivity contribution is 5.72. The summed E-state index contributed by atoms with van der Waals surface area (Å²) in [5.74, 6) is 0.751. The van der Waals surface area contributed by atoms with Crippen molar-refractivity contribution in [3.63, 3.8) is 0 Å². The van der Waals surface area contributed by atoms with Gasteiger partial charge in [-0.25, -0.2) is 0 Å². The van der Waals surface area contributed by atoms with Crippen molar-refractivity contribution in [1.29, 1.82) is 0 Å². The van der Waals surface area contributed by atoms with Gasteiger partial charge in [0.1, 0.15) is 6.10 Å². The first-order chi connectivity index (χ1) is 6.40. The van der Waals surface area contributed by atoms with Crippen LogP contribution in [-0.2, 0) is 9.53 Å². The summed E-state index contributed by atoms with van der Waals surface area (Å²) in [6, 6.07) is 0. The lowest BCUT2D eigenvalue weighted by Gasteiger charge is -2.26. The molecule has 0 bridgehead atoms. The minimum absolute atomic E-state index is 0.0231. The molecule has 2 nitrogen and oxygen atoms in total. The summed E-state index contributed by atoms with van der Waals surface area (Å²) < 4.78 is 5.49. The van der Waals surface area contributed by atoms with E-state index in [1.165, 1.54) is 0 Å². The molecule has 84 valence electrons. The Morgan fingerprint density at radius 3 is 1.79 bits per heavy atom. The second-order valence-electron chi connectivity index (χ2n) is 4.70. The first kappa shape index (κ1) is 13.5. The van der Waals surface area contributed by atoms with Gasteiger partial charge in [-0.05, 0) is 18.3 Å². The van der Waals surface area contributed by atoms with E-state index in [-0.39, 0.29) is 18.0 Å². The second kappa shape index (κ2) is 6.05. The molecule has 14 heavy (non-hydrogen) atoms. The van der Waals surface area contributed by atoms with Crippen molar-refractivity contribution in [2.45, 2.75) is 54.1 Å². The lowest BCUT2D eigenvalue weighted by molar-refractivity contribution is -0.158. The first-order valence-electron chi connectivity index (χ1n) is 5.60. The van der Waals surface area contributed by atoms with Gasteiger partial charge >= 0.3 is 5.97 Å². The molecule has 0 N–H and O–H groups in total. The van der Waals surface area contributed by atoms with Crippen molar-refractivity contribution >= 4 is 5.97 Å². The van der Waals surface area contributed by atoms with E-state index in [1.54, 1.807) is 0 Å². The van der Waals surface area contributed by atoms with E-state index in [9.17, 15) is 4.79 Å². The second-order valence-corrected chi connectivity index (χ2v) is 4.70. The molecule has 0 aromatic rings. The predicted molar refractivity (Wildman–Crippen MR) is 59.0 cm³/mol. The lowest BCUT2D eigenvalue weighted by Crippen LogP contribution is -2.31. The van der Waals surface area contributed by atoms with Gasteiger partial charge in [-0.1, -0.05) is 41.5 Å². The molecule has 2 heteroatoms. The van der Waals surface area contributed by atoms with Crippen LogP contribution in [0.2, 0.25) is 0 Å². The number of hydrogen-bond acceptors (Lipinski definition) is 2. The highest BCUT2D eigenvalue weighted by atomic mass is 16.5. The minimum Gasteiger partial charge on any atom is -0.462 e. The molecule has 0 aliphatic rings. The van der Waals surface area contributed by atoms with Gasteiger partial charge in [-0.2, -0.15) is 0 Å². The van der Waals surface area contributed by atoms with Crippen LogP contribution in [-0.4, -0.2) is 12.1 Å². The Balaban J connectivity index is 4.24. The quantitative estimate of drug-likeness (QED) is 0.637. The Bertz CT molecular complexity index is 165. The highest BCUT2D eigenvalue weighted by Gasteiger charge is 2.23. The molecule has 0 rings (SSSR count). The van der Waals surface area contributed by atoms with Crippen molar-refractivity contribution in [2.75, 3.05) is 0 Å². The van der Waals surface area contributed by atoms with E-state index >= 15 is 0 Å². The number of carbonyl (C=O) groups is 1. The van der Waals surface area contributed by atoms with Crippen molar-refractivity contribution in [3.05, 3.63) is 0 Å². The third kappa shape index (κ3) is 4.12. The summed E-state index contributed by atoms with van der Waals surface area (Å²) in [6.45, 7) is 12.3. The Hall–Kier alpha value is -0.530. The molecule has 1 unspecified atom stereocenters. The molecule has 0 spiro atoms. The van der Waals surface area contributed by atoms with Crippen LogP contribution in [0.3, 0.4) is 0 Å². The van der Waals surface area contributed by atoms with Crippen LogP contribution in [0.5, 0.6) is 0 Å². The fourth-order valence-corrected chi connectivity index (χ4v) is 1.46. The normalized spacial score (nSPS) is 13.8. The summed E-state index contributed by atoms with van der Waals surface area (Å²) in [7, 11) is 0. The number of hydrogen-bond donors (Lipinski definition) is 0. The summed E-state index contributed by atoms with van der Waals surface area (Å²) in [5, 5.41) is 0. The maximum Gasteiger partial charge on any atom is 0.308 e. The zero-order chi connectivity index (χ0) is 11.3. The maximum atomic E-state index is 11.6. The smallest absolute Gasteiger partial charge is 0.308 e. The third-order valence-corrected chi connectivity index (χ3v) is 2.58. The fraction of sp³-hybridized carbons (Fsp3) is 0.917. The van der Waals surface area contributed by atoms with Gasteiger partial charge in [0.25, 0.3) is 0 Å². The highest BCUT2D eigenvalue weighted by Crippen LogP contribution is 2.18. The van der Waals surface area contributed by atoms with E-state index < -0.39 is 0 Å². The molecule has 0 aromatic heterocycles. The van der Waals surface area contributed by atoms with Crippen molar-refractivity contribution in [2.24, 2.45) is 17.8 Å². The van der Waals surface area contributed by atoms with E-state index in [1.807, 2.05) is 13.8 Å². The number of rotatable bonds is 5. The molecule has 0 saturated heterocycles. The molecule has 0 amide bonds. The molecule has 0 heterocycles. The van der Waals surface area contributed by atoms with Gasteiger partial charge in [0.05, 0.1) is 5.92 Å². The topological polar surface area (TPSA) is 26.3 Å². The molecular weight excluding hydrogens is 176 g/mol. The van der Waals surface area contributed by atoms with E-state index in [0.29, 0.717) is 11.8 Å². The van der Waals surface area contributed by atoms with Crippen LogP contribution in [0.1, 0.15) is 48.0 Å². The monoisotopic (exact) mass is 200 g/mol. The average Bonchev–Trinajstić information content (AvgIpc) is 2.11. The number of carbonyl (C=O) groups excluding carboxylic acids is 1. The van der Waals surface area contributed by atoms with Gasteiger partial charge < -0.3 is 4.74 Å². The minimum atomic E-state index is -0.0556. The zero-order valence-corrected chi connectivity index (χ0v) is 10.3. The average molecular weight is 200 g/mol. The van der Waals surface area contributed by atoms with Crippen molar-refractivity contribution < 1.29 is 9.53 Å². The molecule has 0 aliphatic carbocycles. The van der Waals surface area contributed by atoms with Crippen LogP contribution in [0.25, 0.3) is 0 Å². The van der Waals surface area contributed by atoms with Gasteiger partial charge in [0, 0.05) is 0 Å². The Morgan fingerprint density at radius 2 is 1.50 bits per heavy atom. The Kier molecular flexibility index (Phi) is 5.82. The van der Waals surface area contributed by atoms with Gasteiger partial charge in [-0.3, -0.25) is 4.79 Å². The van der Waals surface area contributed by atoms with Gasteiger partial charge in [0.15, 0.2) is 0 Å². The van der Waals surface area contributed by atoms with E-state index in [4.69, 9.17) is 4.74 Å². The van der Waals surface area contributed by atoms with Crippen LogP contribution >= 0.6 is 0 Å². The van der Waals surface area contributed by atoms with Crippen molar-refractivity contribution in [3.8, 4) is 0 Å². The Morgan fingerprint density at radius 1 is 1.07 bits per heavy atom. The third-order valence-electron chi connectivity index (χ3n) is 2.58. The molecule has 1 atom stereocenters. The van der Waals surface area contributed by atoms with Crippen LogP contribution < -0.4 is 0 Å². The van der Waals surface area contributed by atoms with E-state index in [2.05, 4.69) is 27.7 Å². The van der Waals surface area contributed by atoms with Crippen LogP contribution in [0, 0.1) is 17.8 Å². The van der Waals surface area contributed by atoms with Crippen LogP contribution in [0.4, 0.5) is 0 Å². The first-order valence-corrected chi connectivity index (χ1v) is 5.60. The van der Waals surface area contributed by atoms with E-state index in [0.717, 1.165) is 6.42 Å². The van der Waals surface area contributed by atoms with Gasteiger partial charge in [0.2, 0.25) is 0 Å². The molecular formula is C12H24O2. The molecule has 0 radical (unpaired) electrons. The summed E-state index contributed by atoms with van der Waals surface area (Å²) in [5.41, 5.74) is 0. The molecule has 0 aromatic carbocycles. The molecule has 0 saturated carbocycles. The molecule has 0 fully saturated rings. The lowest BCUT2D eigenvalue weighted by atomic mass is 9.96. The summed E-state index contributed by atoms with van der Waals surface area (Å²) in [6.07, 6.45) is 0.901. The maximum absolute atomic E-state index is 11.6.